The first-order valence-electron chi connectivity index (χ1n) is 5.79. The van der Waals surface area contributed by atoms with E-state index < -0.39 is 0 Å². The maximum absolute atomic E-state index is 9.82. The van der Waals surface area contributed by atoms with Crippen molar-refractivity contribution in [3.63, 3.8) is 0 Å². The summed E-state index contributed by atoms with van der Waals surface area (Å²) in [4.78, 5) is 12.2. The zero-order valence-electron chi connectivity index (χ0n) is 9.91. The van der Waals surface area contributed by atoms with Crippen molar-refractivity contribution in [3.05, 3.63) is 0 Å². The van der Waals surface area contributed by atoms with Crippen LogP contribution >= 0.6 is 0 Å². The van der Waals surface area contributed by atoms with Crippen LogP contribution < -0.4 is 0 Å². The molecule has 0 atom stereocenters. The second-order valence-electron chi connectivity index (χ2n) is 3.13. The minimum absolute atomic E-state index is 0.509. The summed E-state index contributed by atoms with van der Waals surface area (Å²) in [6, 6.07) is 0. The molecule has 0 aromatic carbocycles. The van der Waals surface area contributed by atoms with Gasteiger partial charge in [-0.3, -0.25) is 9.69 Å². The van der Waals surface area contributed by atoms with Gasteiger partial charge in [0.05, 0.1) is 19.8 Å². The first-order chi connectivity index (χ1) is 7.43. The Balaban J connectivity index is 0.000000921. The van der Waals surface area contributed by atoms with Crippen LogP contribution in [-0.2, 0) is 14.3 Å². The fourth-order valence-corrected chi connectivity index (χ4v) is 1.39. The predicted octanol–water partition coefficient (Wildman–Crippen LogP) is 1.30. The molecule has 1 aliphatic rings. The predicted molar refractivity (Wildman–Crippen MR) is 59.9 cm³/mol. The summed E-state index contributed by atoms with van der Waals surface area (Å²) < 4.78 is 9.83. The van der Waals surface area contributed by atoms with Crippen LogP contribution in [0.15, 0.2) is 0 Å². The highest BCUT2D eigenvalue weighted by atomic mass is 16.5. The van der Waals surface area contributed by atoms with Crippen LogP contribution in [0.5, 0.6) is 0 Å². The van der Waals surface area contributed by atoms with Crippen molar-refractivity contribution in [2.45, 2.75) is 26.7 Å². The monoisotopic (exact) mass is 217 g/mol. The van der Waals surface area contributed by atoms with E-state index >= 15 is 0 Å². The van der Waals surface area contributed by atoms with Gasteiger partial charge in [-0.1, -0.05) is 13.8 Å². The van der Waals surface area contributed by atoms with Crippen LogP contribution in [0.25, 0.3) is 0 Å². The molecule has 4 nitrogen and oxygen atoms in total. The molecule has 15 heavy (non-hydrogen) atoms. The van der Waals surface area contributed by atoms with Crippen LogP contribution in [0.2, 0.25) is 0 Å². The second-order valence-corrected chi connectivity index (χ2v) is 3.13. The van der Waals surface area contributed by atoms with Crippen LogP contribution in [0.4, 0.5) is 0 Å². The topological polar surface area (TPSA) is 38.8 Å². The standard InChI is InChI=1S/C9H17NO3.C2H6/c11-9-13-6-2-1-3-10-4-7-12-8-5-10;1-2/h9H,1-8H2;1-2H3. The molecule has 0 aromatic rings. The number of hydrogen-bond donors (Lipinski definition) is 0. The van der Waals surface area contributed by atoms with Crippen molar-refractivity contribution >= 4 is 6.47 Å². The van der Waals surface area contributed by atoms with Gasteiger partial charge in [0, 0.05) is 13.1 Å². The molecule has 1 rings (SSSR count). The largest absolute Gasteiger partial charge is 0.468 e. The van der Waals surface area contributed by atoms with Gasteiger partial charge in [0.25, 0.3) is 6.47 Å². The summed E-state index contributed by atoms with van der Waals surface area (Å²) in [5.74, 6) is 0. The molecule has 90 valence electrons. The van der Waals surface area contributed by atoms with Crippen molar-refractivity contribution in [2.24, 2.45) is 0 Å². The summed E-state index contributed by atoms with van der Waals surface area (Å²) in [6.45, 7) is 9.92. The van der Waals surface area contributed by atoms with Crippen LogP contribution in [0.3, 0.4) is 0 Å². The summed E-state index contributed by atoms with van der Waals surface area (Å²) in [5, 5.41) is 0. The first kappa shape index (κ1) is 14.4. The van der Waals surface area contributed by atoms with Gasteiger partial charge in [-0.05, 0) is 19.4 Å². The van der Waals surface area contributed by atoms with E-state index in [9.17, 15) is 4.79 Å². The zero-order valence-corrected chi connectivity index (χ0v) is 9.91. The van der Waals surface area contributed by atoms with Gasteiger partial charge in [0.1, 0.15) is 0 Å². The molecular weight excluding hydrogens is 194 g/mol. The lowest BCUT2D eigenvalue weighted by molar-refractivity contribution is -0.128. The molecule has 0 radical (unpaired) electrons. The minimum Gasteiger partial charge on any atom is -0.468 e. The van der Waals surface area contributed by atoms with Crippen molar-refractivity contribution in [2.75, 3.05) is 39.5 Å². The zero-order chi connectivity index (χ0) is 11.4. The molecule has 1 aliphatic heterocycles. The number of carbonyl (C=O) groups is 1. The third-order valence-electron chi connectivity index (χ3n) is 2.16. The fourth-order valence-electron chi connectivity index (χ4n) is 1.39. The number of ether oxygens (including phenoxy) is 2. The van der Waals surface area contributed by atoms with E-state index in [4.69, 9.17) is 4.74 Å². The summed E-state index contributed by atoms with van der Waals surface area (Å²) in [6.07, 6.45) is 2.05. The summed E-state index contributed by atoms with van der Waals surface area (Å²) in [5.41, 5.74) is 0. The van der Waals surface area contributed by atoms with E-state index in [1.807, 2.05) is 13.8 Å². The maximum atomic E-state index is 9.82. The molecule has 0 unspecified atom stereocenters. The van der Waals surface area contributed by atoms with Crippen molar-refractivity contribution in [3.8, 4) is 0 Å². The van der Waals surface area contributed by atoms with Gasteiger partial charge in [0.2, 0.25) is 0 Å². The number of nitrogens with zero attached hydrogens (tertiary/aromatic N) is 1. The Hall–Kier alpha value is -0.610. The molecule has 0 saturated carbocycles. The maximum Gasteiger partial charge on any atom is 0.293 e. The Bertz CT molecular complexity index is 136. The van der Waals surface area contributed by atoms with E-state index in [-0.39, 0.29) is 0 Å². The van der Waals surface area contributed by atoms with Gasteiger partial charge in [-0.2, -0.15) is 0 Å². The Labute approximate surface area is 92.5 Å². The van der Waals surface area contributed by atoms with E-state index in [2.05, 4.69) is 9.64 Å². The molecule has 0 bridgehead atoms. The molecule has 0 aromatic heterocycles. The number of unbranched alkanes of at least 4 members (excludes halogenated alkanes) is 1. The normalized spacial score (nSPS) is 16.4. The highest BCUT2D eigenvalue weighted by Crippen LogP contribution is 1.99. The number of hydrogen-bond acceptors (Lipinski definition) is 4. The van der Waals surface area contributed by atoms with Gasteiger partial charge in [-0.25, -0.2) is 0 Å². The van der Waals surface area contributed by atoms with Crippen molar-refractivity contribution in [1.82, 2.24) is 4.90 Å². The molecule has 4 heteroatoms. The van der Waals surface area contributed by atoms with Crippen molar-refractivity contribution in [1.29, 1.82) is 0 Å². The first-order valence-corrected chi connectivity index (χ1v) is 5.79. The van der Waals surface area contributed by atoms with E-state index in [1.54, 1.807) is 0 Å². The number of carbonyl (C=O) groups excluding carboxylic acids is 1. The van der Waals surface area contributed by atoms with Gasteiger partial charge >= 0.3 is 0 Å². The molecule has 1 heterocycles. The smallest absolute Gasteiger partial charge is 0.293 e. The average molecular weight is 217 g/mol. The third kappa shape index (κ3) is 8.39. The summed E-state index contributed by atoms with van der Waals surface area (Å²) in [7, 11) is 0. The van der Waals surface area contributed by atoms with E-state index in [0.29, 0.717) is 13.1 Å². The fraction of sp³-hybridized carbons (Fsp3) is 0.909. The van der Waals surface area contributed by atoms with E-state index in [1.165, 1.54) is 0 Å². The molecule has 0 N–H and O–H groups in total. The molecular formula is C11H23NO3. The summed E-state index contributed by atoms with van der Waals surface area (Å²) >= 11 is 0. The molecule has 0 spiro atoms. The molecule has 0 aliphatic carbocycles. The quantitative estimate of drug-likeness (QED) is 0.496. The number of rotatable bonds is 6. The lowest BCUT2D eigenvalue weighted by Gasteiger charge is -2.26. The number of morpholine rings is 1. The third-order valence-corrected chi connectivity index (χ3v) is 2.16. The van der Waals surface area contributed by atoms with E-state index in [0.717, 1.165) is 45.7 Å². The van der Waals surface area contributed by atoms with Crippen LogP contribution in [0.1, 0.15) is 26.7 Å². The average Bonchev–Trinajstić information content (AvgIpc) is 2.33. The molecule has 1 fully saturated rings. The highest BCUT2D eigenvalue weighted by molar-refractivity contribution is 5.36. The molecule has 1 saturated heterocycles. The van der Waals surface area contributed by atoms with Gasteiger partial charge < -0.3 is 9.47 Å². The molecule has 0 amide bonds. The lowest BCUT2D eigenvalue weighted by Crippen LogP contribution is -2.36. The Kier molecular flexibility index (Phi) is 11.0. The Morgan fingerprint density at radius 3 is 2.53 bits per heavy atom. The van der Waals surface area contributed by atoms with Crippen LogP contribution in [0, 0.1) is 0 Å². The Morgan fingerprint density at radius 2 is 1.93 bits per heavy atom. The minimum atomic E-state index is 0.509. The van der Waals surface area contributed by atoms with Gasteiger partial charge in [0.15, 0.2) is 0 Å². The van der Waals surface area contributed by atoms with Gasteiger partial charge in [-0.15, -0.1) is 0 Å². The highest BCUT2D eigenvalue weighted by Gasteiger charge is 2.08. The second kappa shape index (κ2) is 11.5. The lowest BCUT2D eigenvalue weighted by atomic mass is 10.3. The van der Waals surface area contributed by atoms with Crippen LogP contribution in [-0.4, -0.2) is 50.8 Å². The Morgan fingerprint density at radius 1 is 1.27 bits per heavy atom. The SMILES string of the molecule is CC.O=COCCCCN1CCOCC1. The van der Waals surface area contributed by atoms with Crippen molar-refractivity contribution < 1.29 is 14.3 Å².